The molecule has 0 bridgehead atoms. The van der Waals surface area contributed by atoms with Gasteiger partial charge in [0.2, 0.25) is 0 Å². The maximum atomic E-state index is 12.7. The van der Waals surface area contributed by atoms with Gasteiger partial charge in [-0.2, -0.15) is 0 Å². The van der Waals surface area contributed by atoms with Gasteiger partial charge >= 0.3 is 6.36 Å². The third-order valence-corrected chi connectivity index (χ3v) is 4.41. The second-order valence-corrected chi connectivity index (χ2v) is 6.61. The van der Waals surface area contributed by atoms with Crippen LogP contribution in [0.25, 0.3) is 0 Å². The van der Waals surface area contributed by atoms with Gasteiger partial charge in [-0.25, -0.2) is 0 Å². The van der Waals surface area contributed by atoms with E-state index in [0.29, 0.717) is 5.56 Å². The SMILES string of the molecule is CC.CCCCN1CCN(c2ccc(C(C)C)c(OC(F)(F)F)c2)CC1. The standard InChI is InChI=1S/C18H27F3N2O.C2H6/c1-4-5-8-22-9-11-23(12-10-22)15-6-7-16(14(2)3)17(13-15)24-18(19,20)21;1-2/h6-7,13-14H,4-5,8-12H2,1-3H3;1-2H3. The molecule has 0 saturated carbocycles. The van der Waals surface area contributed by atoms with Gasteiger partial charge < -0.3 is 9.64 Å². The fourth-order valence-electron chi connectivity index (χ4n) is 3.02. The molecule has 0 aromatic heterocycles. The van der Waals surface area contributed by atoms with Crippen molar-refractivity contribution in [2.75, 3.05) is 37.6 Å². The number of piperazine rings is 1. The Kier molecular flexibility index (Phi) is 9.27. The first-order valence-electron chi connectivity index (χ1n) is 9.67. The van der Waals surface area contributed by atoms with Crippen LogP contribution in [0, 0.1) is 0 Å². The monoisotopic (exact) mass is 374 g/mol. The molecule has 0 amide bonds. The highest BCUT2D eigenvalue weighted by molar-refractivity contribution is 5.55. The fourth-order valence-corrected chi connectivity index (χ4v) is 3.02. The molecular formula is C20H33F3N2O. The molecule has 0 unspecified atom stereocenters. The second kappa shape index (κ2) is 10.7. The Bertz CT molecular complexity index is 524. The number of unbranched alkanes of at least 4 members (excludes halogenated alkanes) is 1. The van der Waals surface area contributed by atoms with Crippen molar-refractivity contribution in [3.8, 4) is 5.75 Å². The summed E-state index contributed by atoms with van der Waals surface area (Å²) in [6.45, 7) is 14.6. The molecule has 2 rings (SSSR count). The zero-order valence-electron chi connectivity index (χ0n) is 16.7. The van der Waals surface area contributed by atoms with E-state index in [1.165, 1.54) is 18.9 Å². The smallest absolute Gasteiger partial charge is 0.405 e. The Morgan fingerprint density at radius 3 is 2.19 bits per heavy atom. The number of rotatable bonds is 6. The van der Waals surface area contributed by atoms with Gasteiger partial charge in [0.05, 0.1) is 0 Å². The average Bonchev–Trinajstić information content (AvgIpc) is 2.60. The van der Waals surface area contributed by atoms with E-state index in [-0.39, 0.29) is 11.7 Å². The van der Waals surface area contributed by atoms with E-state index < -0.39 is 6.36 Å². The summed E-state index contributed by atoms with van der Waals surface area (Å²) in [4.78, 5) is 4.55. The minimum atomic E-state index is -4.67. The van der Waals surface area contributed by atoms with Gasteiger partial charge in [-0.3, -0.25) is 4.90 Å². The zero-order valence-corrected chi connectivity index (χ0v) is 16.7. The molecule has 1 aliphatic rings. The summed E-state index contributed by atoms with van der Waals surface area (Å²) in [5, 5.41) is 0. The number of ether oxygens (including phenoxy) is 1. The normalized spacial score (nSPS) is 15.7. The van der Waals surface area contributed by atoms with Gasteiger partial charge in [-0.15, -0.1) is 13.2 Å². The quantitative estimate of drug-likeness (QED) is 0.639. The molecule has 1 heterocycles. The molecule has 150 valence electrons. The van der Waals surface area contributed by atoms with Crippen LogP contribution < -0.4 is 9.64 Å². The fraction of sp³-hybridized carbons (Fsp3) is 0.700. The van der Waals surface area contributed by atoms with E-state index in [9.17, 15) is 13.2 Å². The lowest BCUT2D eigenvalue weighted by Crippen LogP contribution is -2.46. The summed E-state index contributed by atoms with van der Waals surface area (Å²) in [5.41, 5.74) is 1.38. The van der Waals surface area contributed by atoms with Crippen LogP contribution in [0.15, 0.2) is 18.2 Å². The number of halogens is 3. The highest BCUT2D eigenvalue weighted by Gasteiger charge is 2.32. The predicted molar refractivity (Wildman–Crippen MR) is 102 cm³/mol. The third-order valence-electron chi connectivity index (χ3n) is 4.41. The molecule has 0 spiro atoms. The number of hydrogen-bond acceptors (Lipinski definition) is 3. The third kappa shape index (κ3) is 7.06. The van der Waals surface area contributed by atoms with Crippen molar-refractivity contribution in [1.82, 2.24) is 4.90 Å². The van der Waals surface area contributed by atoms with E-state index in [0.717, 1.165) is 38.4 Å². The maximum absolute atomic E-state index is 12.7. The van der Waals surface area contributed by atoms with Crippen molar-refractivity contribution < 1.29 is 17.9 Å². The van der Waals surface area contributed by atoms with Crippen molar-refractivity contribution in [3.05, 3.63) is 23.8 Å². The molecule has 1 aromatic rings. The number of benzene rings is 1. The molecule has 3 nitrogen and oxygen atoms in total. The molecule has 1 saturated heterocycles. The van der Waals surface area contributed by atoms with Crippen molar-refractivity contribution in [3.63, 3.8) is 0 Å². The highest BCUT2D eigenvalue weighted by atomic mass is 19.4. The van der Waals surface area contributed by atoms with Gasteiger partial charge in [0.25, 0.3) is 0 Å². The van der Waals surface area contributed by atoms with Crippen LogP contribution in [-0.2, 0) is 0 Å². The first kappa shape index (κ1) is 22.6. The van der Waals surface area contributed by atoms with Crippen LogP contribution in [0.4, 0.5) is 18.9 Å². The number of anilines is 1. The number of hydrogen-bond donors (Lipinski definition) is 0. The molecule has 1 fully saturated rings. The summed E-state index contributed by atoms with van der Waals surface area (Å²) in [7, 11) is 0. The summed E-state index contributed by atoms with van der Waals surface area (Å²) >= 11 is 0. The van der Waals surface area contributed by atoms with E-state index in [2.05, 4.69) is 21.5 Å². The van der Waals surface area contributed by atoms with Gasteiger partial charge in [-0.05, 0) is 30.5 Å². The van der Waals surface area contributed by atoms with Gasteiger partial charge in [0, 0.05) is 37.9 Å². The van der Waals surface area contributed by atoms with Crippen LogP contribution in [-0.4, -0.2) is 44.0 Å². The lowest BCUT2D eigenvalue weighted by molar-refractivity contribution is -0.274. The second-order valence-electron chi connectivity index (χ2n) is 6.61. The number of nitrogens with zero attached hydrogens (tertiary/aromatic N) is 2. The molecule has 26 heavy (non-hydrogen) atoms. The topological polar surface area (TPSA) is 15.7 Å². The molecule has 0 N–H and O–H groups in total. The van der Waals surface area contributed by atoms with Crippen LogP contribution in [0.2, 0.25) is 0 Å². The van der Waals surface area contributed by atoms with Crippen molar-refractivity contribution in [1.29, 1.82) is 0 Å². The largest absolute Gasteiger partial charge is 0.573 e. The van der Waals surface area contributed by atoms with Gasteiger partial charge in [0.15, 0.2) is 0 Å². The van der Waals surface area contributed by atoms with Gasteiger partial charge in [-0.1, -0.05) is 47.1 Å². The lowest BCUT2D eigenvalue weighted by atomic mass is 10.0. The molecule has 1 aromatic carbocycles. The average molecular weight is 374 g/mol. The van der Waals surface area contributed by atoms with Crippen molar-refractivity contribution in [2.45, 2.75) is 59.7 Å². The van der Waals surface area contributed by atoms with Crippen LogP contribution in [0.3, 0.4) is 0 Å². The summed E-state index contributed by atoms with van der Waals surface area (Å²) < 4.78 is 42.3. The first-order valence-corrected chi connectivity index (χ1v) is 9.67. The van der Waals surface area contributed by atoms with Gasteiger partial charge in [0.1, 0.15) is 5.75 Å². The van der Waals surface area contributed by atoms with Crippen LogP contribution in [0.1, 0.15) is 58.9 Å². The Hall–Kier alpha value is -1.43. The molecule has 0 atom stereocenters. The predicted octanol–water partition coefficient (Wildman–Crippen LogP) is 5.66. The Morgan fingerprint density at radius 1 is 1.08 bits per heavy atom. The molecule has 0 radical (unpaired) electrons. The number of alkyl halides is 3. The van der Waals surface area contributed by atoms with E-state index in [1.54, 1.807) is 6.07 Å². The first-order chi connectivity index (χ1) is 12.3. The maximum Gasteiger partial charge on any atom is 0.573 e. The molecule has 6 heteroatoms. The lowest BCUT2D eigenvalue weighted by Gasteiger charge is -2.36. The minimum Gasteiger partial charge on any atom is -0.405 e. The summed E-state index contributed by atoms with van der Waals surface area (Å²) in [6.07, 6.45) is -2.30. The van der Waals surface area contributed by atoms with E-state index >= 15 is 0 Å². The molecule has 0 aliphatic carbocycles. The highest BCUT2D eigenvalue weighted by Crippen LogP contribution is 2.34. The summed E-state index contributed by atoms with van der Waals surface area (Å²) in [6, 6.07) is 5.19. The molecular weight excluding hydrogens is 341 g/mol. The Labute approximate surface area is 156 Å². The van der Waals surface area contributed by atoms with E-state index in [1.807, 2.05) is 33.8 Å². The Balaban J connectivity index is 0.00000163. The summed E-state index contributed by atoms with van der Waals surface area (Å²) in [5.74, 6) is -0.106. The van der Waals surface area contributed by atoms with Crippen LogP contribution >= 0.6 is 0 Å². The minimum absolute atomic E-state index is 0.0257. The molecule has 1 aliphatic heterocycles. The zero-order chi connectivity index (χ0) is 19.7. The van der Waals surface area contributed by atoms with Crippen molar-refractivity contribution in [2.24, 2.45) is 0 Å². The Morgan fingerprint density at radius 2 is 1.69 bits per heavy atom. The van der Waals surface area contributed by atoms with E-state index in [4.69, 9.17) is 0 Å². The van der Waals surface area contributed by atoms with Crippen LogP contribution in [0.5, 0.6) is 5.75 Å². The van der Waals surface area contributed by atoms with Crippen molar-refractivity contribution >= 4 is 5.69 Å².